The van der Waals surface area contributed by atoms with E-state index in [9.17, 15) is 9.90 Å². The van der Waals surface area contributed by atoms with Crippen LogP contribution in [-0.4, -0.2) is 27.7 Å². The zero-order valence-corrected chi connectivity index (χ0v) is 9.40. The van der Waals surface area contributed by atoms with Gasteiger partial charge < -0.3 is 14.4 Å². The first-order chi connectivity index (χ1) is 7.76. The van der Waals surface area contributed by atoms with E-state index < -0.39 is 0 Å². The number of rotatable bonds is 3. The predicted octanol–water partition coefficient (Wildman–Crippen LogP) is 0.427. The van der Waals surface area contributed by atoms with Crippen LogP contribution in [0.15, 0.2) is 0 Å². The normalized spacial score (nSPS) is 14.6. The van der Waals surface area contributed by atoms with Crippen molar-refractivity contribution in [3.05, 3.63) is 17.2 Å². The molecule has 5 nitrogen and oxygen atoms in total. The molecule has 16 heavy (non-hydrogen) atoms. The van der Waals surface area contributed by atoms with Gasteiger partial charge in [0.05, 0.1) is 19.4 Å². The molecule has 0 amide bonds. The fourth-order valence-electron chi connectivity index (χ4n) is 2.16. The Bertz CT molecular complexity index is 398. The molecule has 0 bridgehead atoms. The van der Waals surface area contributed by atoms with E-state index in [1.54, 1.807) is 0 Å². The topological polar surface area (TPSA) is 64.3 Å². The van der Waals surface area contributed by atoms with Crippen molar-refractivity contribution in [2.24, 2.45) is 0 Å². The summed E-state index contributed by atoms with van der Waals surface area (Å²) in [5.41, 5.74) is 1.78. The van der Waals surface area contributed by atoms with E-state index >= 15 is 0 Å². The van der Waals surface area contributed by atoms with Crippen molar-refractivity contribution in [3.8, 4) is 0 Å². The van der Waals surface area contributed by atoms with Gasteiger partial charge in [0.2, 0.25) is 0 Å². The lowest BCUT2D eigenvalue weighted by Crippen LogP contribution is -2.16. The van der Waals surface area contributed by atoms with Gasteiger partial charge in [0.15, 0.2) is 0 Å². The lowest BCUT2D eigenvalue weighted by atomic mass is 10.1. The van der Waals surface area contributed by atoms with Gasteiger partial charge in [-0.2, -0.15) is 0 Å². The lowest BCUT2D eigenvalue weighted by molar-refractivity contribution is -0.139. The summed E-state index contributed by atoms with van der Waals surface area (Å²) in [6.07, 6.45) is 3.34. The van der Waals surface area contributed by atoms with Crippen LogP contribution < -0.4 is 0 Å². The molecule has 1 N–H and O–H groups in total. The Hall–Kier alpha value is -1.36. The number of aliphatic hydroxyl groups is 1. The Balaban J connectivity index is 2.30. The van der Waals surface area contributed by atoms with Crippen LogP contribution in [0.5, 0.6) is 0 Å². The van der Waals surface area contributed by atoms with Crippen molar-refractivity contribution >= 4 is 5.97 Å². The molecule has 0 aliphatic carbocycles. The summed E-state index contributed by atoms with van der Waals surface area (Å²) < 4.78 is 6.68. The van der Waals surface area contributed by atoms with Crippen LogP contribution in [0.25, 0.3) is 0 Å². The fourth-order valence-corrected chi connectivity index (χ4v) is 2.16. The summed E-state index contributed by atoms with van der Waals surface area (Å²) in [6, 6.07) is 0. The highest BCUT2D eigenvalue weighted by Crippen LogP contribution is 2.21. The third kappa shape index (κ3) is 1.95. The summed E-state index contributed by atoms with van der Waals surface area (Å²) in [7, 11) is 1.37. The second kappa shape index (κ2) is 4.65. The molecule has 1 aliphatic heterocycles. The van der Waals surface area contributed by atoms with Crippen LogP contribution in [0.3, 0.4) is 0 Å². The molecule has 1 aromatic heterocycles. The molecule has 0 fully saturated rings. The molecule has 0 saturated heterocycles. The van der Waals surface area contributed by atoms with Crippen molar-refractivity contribution < 1.29 is 14.6 Å². The average molecular weight is 224 g/mol. The molecule has 0 saturated carbocycles. The van der Waals surface area contributed by atoms with Gasteiger partial charge in [0.25, 0.3) is 0 Å². The highest BCUT2D eigenvalue weighted by molar-refractivity contribution is 5.71. The molecule has 88 valence electrons. The fraction of sp³-hybridized carbons (Fsp3) is 0.636. The molecule has 2 rings (SSSR count). The minimum absolute atomic E-state index is 0.0590. The first-order valence-electron chi connectivity index (χ1n) is 5.51. The molecule has 0 aromatic carbocycles. The van der Waals surface area contributed by atoms with Crippen molar-refractivity contribution in [2.45, 2.75) is 38.8 Å². The van der Waals surface area contributed by atoms with E-state index in [0.717, 1.165) is 31.5 Å². The van der Waals surface area contributed by atoms with Crippen molar-refractivity contribution in [1.29, 1.82) is 0 Å². The number of methoxy groups -OCH3 is 1. The van der Waals surface area contributed by atoms with Gasteiger partial charge in [0.1, 0.15) is 12.2 Å². The van der Waals surface area contributed by atoms with Gasteiger partial charge in [-0.25, -0.2) is 4.98 Å². The summed E-state index contributed by atoms with van der Waals surface area (Å²) >= 11 is 0. The highest BCUT2D eigenvalue weighted by Gasteiger charge is 2.20. The molecule has 0 spiro atoms. The second-order valence-electron chi connectivity index (χ2n) is 3.94. The zero-order valence-electron chi connectivity index (χ0n) is 9.40. The summed E-state index contributed by atoms with van der Waals surface area (Å²) in [4.78, 5) is 15.5. The number of aliphatic hydroxyl groups excluding tert-OH is 1. The van der Waals surface area contributed by atoms with Crippen LogP contribution in [-0.2, 0) is 35.5 Å². The molecule has 0 unspecified atom stereocenters. The van der Waals surface area contributed by atoms with E-state index in [1.807, 2.05) is 4.57 Å². The van der Waals surface area contributed by atoms with Crippen molar-refractivity contribution in [1.82, 2.24) is 9.55 Å². The number of fused-ring (bicyclic) bond motifs is 1. The third-order valence-electron chi connectivity index (χ3n) is 2.96. The van der Waals surface area contributed by atoms with Gasteiger partial charge in [-0.3, -0.25) is 4.79 Å². The smallest absolute Gasteiger partial charge is 0.313 e. The number of ether oxygens (including phenoxy) is 1. The highest BCUT2D eigenvalue weighted by atomic mass is 16.5. The number of nitrogens with zero attached hydrogens (tertiary/aromatic N) is 2. The number of carbonyl (C=O) groups is 1. The molecular weight excluding hydrogens is 208 g/mol. The third-order valence-corrected chi connectivity index (χ3v) is 2.96. The summed E-state index contributed by atoms with van der Waals surface area (Å²) in [5.74, 6) is 0.425. The largest absolute Gasteiger partial charge is 0.469 e. The van der Waals surface area contributed by atoms with E-state index in [0.29, 0.717) is 11.5 Å². The Morgan fingerprint density at radius 2 is 2.38 bits per heavy atom. The zero-order chi connectivity index (χ0) is 11.5. The maximum atomic E-state index is 11.2. The Labute approximate surface area is 94.1 Å². The second-order valence-corrected chi connectivity index (χ2v) is 3.94. The van der Waals surface area contributed by atoms with Crippen LogP contribution in [0, 0.1) is 0 Å². The number of carbonyl (C=O) groups excluding carboxylic acids is 1. The molecule has 0 atom stereocenters. The van der Waals surface area contributed by atoms with E-state index in [-0.39, 0.29) is 19.0 Å². The maximum absolute atomic E-state index is 11.2. The number of hydrogen-bond acceptors (Lipinski definition) is 4. The summed E-state index contributed by atoms with van der Waals surface area (Å²) in [6.45, 7) is 0.825. The quantitative estimate of drug-likeness (QED) is 0.756. The van der Waals surface area contributed by atoms with Crippen LogP contribution >= 0.6 is 0 Å². The average Bonchev–Trinajstić information content (AvgIpc) is 2.68. The van der Waals surface area contributed by atoms with E-state index in [4.69, 9.17) is 0 Å². The number of hydrogen-bond donors (Lipinski definition) is 1. The number of esters is 1. The van der Waals surface area contributed by atoms with Crippen LogP contribution in [0.4, 0.5) is 0 Å². The van der Waals surface area contributed by atoms with Gasteiger partial charge in [0, 0.05) is 12.2 Å². The maximum Gasteiger partial charge on any atom is 0.313 e. The monoisotopic (exact) mass is 224 g/mol. The number of aromatic nitrogens is 2. The molecule has 5 heteroatoms. The molecule has 0 radical (unpaired) electrons. The Kier molecular flexibility index (Phi) is 3.24. The molecular formula is C11H16N2O3. The molecule has 2 heterocycles. The predicted molar refractivity (Wildman–Crippen MR) is 56.8 cm³/mol. The van der Waals surface area contributed by atoms with Gasteiger partial charge in [-0.15, -0.1) is 0 Å². The van der Waals surface area contributed by atoms with Crippen LogP contribution in [0.2, 0.25) is 0 Å². The standard InChI is InChI=1S/C11H16N2O3/c1-16-11(15)6-10-12-8(7-14)9-4-2-3-5-13(9)10/h14H,2-7H2,1H3. The van der Waals surface area contributed by atoms with Gasteiger partial charge in [-0.05, 0) is 19.3 Å². The molecule has 1 aliphatic rings. The summed E-state index contributed by atoms with van der Waals surface area (Å²) in [5, 5.41) is 9.21. The first-order valence-corrected chi connectivity index (χ1v) is 5.51. The molecule has 1 aromatic rings. The van der Waals surface area contributed by atoms with E-state index in [1.165, 1.54) is 7.11 Å². The van der Waals surface area contributed by atoms with Crippen molar-refractivity contribution in [3.63, 3.8) is 0 Å². The van der Waals surface area contributed by atoms with Crippen molar-refractivity contribution in [2.75, 3.05) is 7.11 Å². The van der Waals surface area contributed by atoms with Gasteiger partial charge in [-0.1, -0.05) is 0 Å². The Morgan fingerprint density at radius 3 is 3.06 bits per heavy atom. The lowest BCUT2D eigenvalue weighted by Gasteiger charge is -2.16. The van der Waals surface area contributed by atoms with Crippen LogP contribution in [0.1, 0.15) is 30.1 Å². The Morgan fingerprint density at radius 1 is 1.56 bits per heavy atom. The SMILES string of the molecule is COC(=O)Cc1nc(CO)c2n1CCCC2. The van der Waals surface area contributed by atoms with E-state index in [2.05, 4.69) is 9.72 Å². The van der Waals surface area contributed by atoms with Gasteiger partial charge >= 0.3 is 5.97 Å². The number of imidazole rings is 1. The minimum Gasteiger partial charge on any atom is -0.469 e. The minimum atomic E-state index is -0.289. The first kappa shape index (κ1) is 11.1.